The van der Waals surface area contributed by atoms with Gasteiger partial charge < -0.3 is 14.4 Å². The molecule has 0 unspecified atom stereocenters. The number of hydrogen-bond donors (Lipinski definition) is 0. The van der Waals surface area contributed by atoms with E-state index < -0.39 is 5.60 Å². The highest BCUT2D eigenvalue weighted by Gasteiger charge is 2.38. The van der Waals surface area contributed by atoms with Crippen molar-refractivity contribution in [3.8, 4) is 11.8 Å². The van der Waals surface area contributed by atoms with E-state index in [4.69, 9.17) is 22.6 Å². The molecule has 0 aliphatic carbocycles. The SMILES string of the molecule is [C-]#[N+]C1=C(/C=C/c2ccc(/C=C/c3ccc(N(CCCC)CCCC)cc3OC)cc2)C(C)(C)O/C1=C(\C#N)[N+]#[C-]. The van der Waals surface area contributed by atoms with Gasteiger partial charge in [-0.05, 0) is 49.9 Å². The Bertz CT molecular complexity index is 1450. The first-order valence-electron chi connectivity index (χ1n) is 14.0. The third-order valence-electron chi connectivity index (χ3n) is 7.00. The maximum Gasteiger partial charge on any atom is 0.292 e. The molecule has 41 heavy (non-hydrogen) atoms. The summed E-state index contributed by atoms with van der Waals surface area (Å²) in [5, 5.41) is 9.27. The van der Waals surface area contributed by atoms with E-state index in [-0.39, 0.29) is 17.2 Å². The van der Waals surface area contributed by atoms with E-state index >= 15 is 0 Å². The van der Waals surface area contributed by atoms with Crippen molar-refractivity contribution in [3.05, 3.63) is 111 Å². The highest BCUT2D eigenvalue weighted by atomic mass is 16.5. The van der Waals surface area contributed by atoms with Gasteiger partial charge in [0, 0.05) is 36.0 Å². The second-order valence-corrected chi connectivity index (χ2v) is 10.3. The van der Waals surface area contributed by atoms with Crippen LogP contribution in [0.5, 0.6) is 5.75 Å². The van der Waals surface area contributed by atoms with Crippen LogP contribution < -0.4 is 9.64 Å². The largest absolute Gasteiger partial charge is 0.505 e. The number of ether oxygens (including phenoxy) is 2. The number of rotatable bonds is 12. The number of benzene rings is 2. The minimum atomic E-state index is -0.821. The van der Waals surface area contributed by atoms with Crippen molar-refractivity contribution in [1.82, 2.24) is 0 Å². The molecule has 0 bridgehead atoms. The van der Waals surface area contributed by atoms with Crippen molar-refractivity contribution < 1.29 is 9.47 Å². The van der Waals surface area contributed by atoms with Gasteiger partial charge >= 0.3 is 0 Å². The van der Waals surface area contributed by atoms with Crippen LogP contribution in [-0.4, -0.2) is 25.8 Å². The molecule has 0 fully saturated rings. The van der Waals surface area contributed by atoms with Crippen molar-refractivity contribution >= 4 is 23.9 Å². The van der Waals surface area contributed by atoms with Crippen LogP contribution in [0.1, 0.15) is 70.1 Å². The Balaban J connectivity index is 1.79. The summed E-state index contributed by atoms with van der Waals surface area (Å²) in [6.07, 6.45) is 12.6. The van der Waals surface area contributed by atoms with Gasteiger partial charge in [0.15, 0.2) is 0 Å². The van der Waals surface area contributed by atoms with Gasteiger partial charge in [-0.2, -0.15) is 0 Å². The molecule has 0 radical (unpaired) electrons. The number of anilines is 1. The van der Waals surface area contributed by atoms with Crippen LogP contribution in [0.3, 0.4) is 0 Å². The van der Waals surface area contributed by atoms with Gasteiger partial charge in [0.2, 0.25) is 5.70 Å². The van der Waals surface area contributed by atoms with Crippen LogP contribution in [0.25, 0.3) is 27.9 Å². The molecule has 0 saturated carbocycles. The second-order valence-electron chi connectivity index (χ2n) is 10.3. The molecule has 3 rings (SSSR count). The van der Waals surface area contributed by atoms with Crippen LogP contribution in [0.2, 0.25) is 0 Å². The number of nitriles is 1. The maximum atomic E-state index is 9.27. The molecular formula is C35H38N4O2. The van der Waals surface area contributed by atoms with Crippen LogP contribution >= 0.6 is 0 Å². The molecule has 0 saturated heterocycles. The Labute approximate surface area is 245 Å². The summed E-state index contributed by atoms with van der Waals surface area (Å²) in [6.45, 7) is 25.0. The predicted molar refractivity (Wildman–Crippen MR) is 167 cm³/mol. The third-order valence-corrected chi connectivity index (χ3v) is 7.00. The van der Waals surface area contributed by atoms with Crippen LogP contribution in [0.4, 0.5) is 5.69 Å². The Morgan fingerprint density at radius 1 is 0.976 bits per heavy atom. The molecule has 2 aromatic rings. The minimum Gasteiger partial charge on any atom is -0.505 e. The van der Waals surface area contributed by atoms with Gasteiger partial charge in [-0.3, -0.25) is 0 Å². The predicted octanol–water partition coefficient (Wildman–Crippen LogP) is 8.92. The number of methoxy groups -OCH3 is 1. The average molecular weight is 547 g/mol. The van der Waals surface area contributed by atoms with Crippen molar-refractivity contribution in [1.29, 1.82) is 5.26 Å². The lowest BCUT2D eigenvalue weighted by Gasteiger charge is -2.25. The summed E-state index contributed by atoms with van der Waals surface area (Å²) in [4.78, 5) is 9.25. The van der Waals surface area contributed by atoms with E-state index in [2.05, 4.69) is 58.8 Å². The van der Waals surface area contributed by atoms with Crippen LogP contribution in [0, 0.1) is 24.5 Å². The topological polar surface area (TPSA) is 54.2 Å². The fraction of sp³-hybridized carbons (Fsp3) is 0.343. The summed E-state index contributed by atoms with van der Waals surface area (Å²) in [7, 11) is 1.72. The van der Waals surface area contributed by atoms with Crippen molar-refractivity contribution in [2.45, 2.75) is 59.0 Å². The zero-order chi connectivity index (χ0) is 29.8. The molecular weight excluding hydrogens is 508 g/mol. The van der Waals surface area contributed by atoms with E-state index in [9.17, 15) is 5.26 Å². The molecule has 0 spiro atoms. The van der Waals surface area contributed by atoms with Crippen molar-refractivity contribution in [3.63, 3.8) is 0 Å². The lowest BCUT2D eigenvalue weighted by Crippen LogP contribution is -2.25. The van der Waals surface area contributed by atoms with Gasteiger partial charge in [0.1, 0.15) is 17.1 Å². The summed E-state index contributed by atoms with van der Waals surface area (Å²) in [5.41, 5.74) is 4.04. The molecule has 2 aromatic carbocycles. The molecule has 6 nitrogen and oxygen atoms in total. The molecule has 0 aromatic heterocycles. The highest BCUT2D eigenvalue weighted by molar-refractivity contribution is 5.75. The summed E-state index contributed by atoms with van der Waals surface area (Å²) in [6, 6.07) is 16.4. The van der Waals surface area contributed by atoms with Gasteiger partial charge in [0.25, 0.3) is 5.70 Å². The zero-order valence-electron chi connectivity index (χ0n) is 24.7. The van der Waals surface area contributed by atoms with Crippen LogP contribution in [-0.2, 0) is 4.74 Å². The van der Waals surface area contributed by atoms with E-state index in [1.54, 1.807) is 7.11 Å². The minimum absolute atomic E-state index is 0.0562. The first-order chi connectivity index (χ1) is 19.8. The van der Waals surface area contributed by atoms with Crippen LogP contribution in [0.15, 0.2) is 71.3 Å². The van der Waals surface area contributed by atoms with Gasteiger partial charge in [-0.25, -0.2) is 15.0 Å². The fourth-order valence-corrected chi connectivity index (χ4v) is 4.63. The second kappa shape index (κ2) is 14.6. The molecule has 0 amide bonds. The normalized spacial score (nSPS) is 15.4. The lowest BCUT2D eigenvalue weighted by molar-refractivity contribution is 0.0952. The zero-order valence-corrected chi connectivity index (χ0v) is 24.7. The molecule has 1 aliphatic heterocycles. The molecule has 1 aliphatic rings. The van der Waals surface area contributed by atoms with Gasteiger partial charge in [-0.1, -0.05) is 75.3 Å². The highest BCUT2D eigenvalue weighted by Crippen LogP contribution is 2.41. The molecule has 0 N–H and O–H groups in total. The average Bonchev–Trinajstić information content (AvgIpc) is 3.25. The maximum absolute atomic E-state index is 9.27. The lowest BCUT2D eigenvalue weighted by atomic mass is 9.96. The summed E-state index contributed by atoms with van der Waals surface area (Å²) >= 11 is 0. The Hall–Kier alpha value is -4.73. The molecule has 1 heterocycles. The molecule has 0 atom stereocenters. The smallest absolute Gasteiger partial charge is 0.292 e. The van der Waals surface area contributed by atoms with E-state index in [0.29, 0.717) is 5.57 Å². The number of hydrogen-bond acceptors (Lipinski definition) is 4. The first-order valence-corrected chi connectivity index (χ1v) is 14.0. The van der Waals surface area contributed by atoms with E-state index in [0.717, 1.165) is 35.5 Å². The third kappa shape index (κ3) is 7.69. The quantitative estimate of drug-likeness (QED) is 0.151. The van der Waals surface area contributed by atoms with Gasteiger partial charge in [0.05, 0.1) is 26.3 Å². The first kappa shape index (κ1) is 30.8. The summed E-state index contributed by atoms with van der Waals surface area (Å²) < 4.78 is 11.6. The van der Waals surface area contributed by atoms with Crippen molar-refractivity contribution in [2.24, 2.45) is 0 Å². The Morgan fingerprint density at radius 2 is 1.59 bits per heavy atom. The Kier molecular flexibility index (Phi) is 11.0. The van der Waals surface area contributed by atoms with E-state index in [1.165, 1.54) is 31.4 Å². The Morgan fingerprint density at radius 3 is 2.10 bits per heavy atom. The summed E-state index contributed by atoms with van der Waals surface area (Å²) in [5.74, 6) is 0.911. The monoisotopic (exact) mass is 546 g/mol. The number of nitrogens with zero attached hydrogens (tertiary/aromatic N) is 4. The fourth-order valence-electron chi connectivity index (χ4n) is 4.63. The number of allylic oxidation sites excluding steroid dienone is 1. The molecule has 210 valence electrons. The standard InChI is InChI=1S/C35H38N4O2/c1-8-10-22-39(23-11-9-2)29-20-19-28(32(24-29)40-7)18-16-26-12-14-27(15-13-26)17-21-30-33(38-6)34(31(25-36)37-5)41-35(30,3)4/h12-21,24H,8-11,22-23H2,1-4,7H3/b18-16+,21-17+,34-31+. The molecule has 6 heteroatoms. The van der Waals surface area contributed by atoms with Crippen molar-refractivity contribution in [2.75, 3.05) is 25.1 Å². The van der Waals surface area contributed by atoms with Gasteiger partial charge in [-0.15, -0.1) is 0 Å². The number of unbranched alkanes of at least 4 members (excludes halogenated alkanes) is 2. The van der Waals surface area contributed by atoms with E-state index in [1.807, 2.05) is 56.3 Å².